The Hall–Kier alpha value is -2.22. The molecule has 0 atom stereocenters. The molecule has 1 aliphatic rings. The van der Waals surface area contributed by atoms with Crippen LogP contribution in [-0.4, -0.2) is 37.8 Å². The van der Waals surface area contributed by atoms with Gasteiger partial charge in [-0.15, -0.1) is 5.10 Å². The van der Waals surface area contributed by atoms with Crippen LogP contribution in [0, 0.1) is 0 Å². The summed E-state index contributed by atoms with van der Waals surface area (Å²) in [6.07, 6.45) is 2.43. The maximum Gasteiger partial charge on any atom is 0.257 e. The Morgan fingerprint density at radius 2 is 1.92 bits per heavy atom. The average molecular weight is 373 g/mol. The highest BCUT2D eigenvalue weighted by Crippen LogP contribution is 2.36. The fourth-order valence-electron chi connectivity index (χ4n) is 2.45. The molecule has 26 heavy (non-hydrogen) atoms. The zero-order valence-electron chi connectivity index (χ0n) is 15.2. The lowest BCUT2D eigenvalue weighted by molar-refractivity contribution is -0.119. The first kappa shape index (κ1) is 18.6. The zero-order chi connectivity index (χ0) is 18.7. The van der Waals surface area contributed by atoms with Crippen LogP contribution in [0.15, 0.2) is 29.4 Å². The molecule has 1 fully saturated rings. The normalized spacial score (nSPS) is 14.3. The number of hydrogen-bond donors (Lipinski definition) is 1. The van der Waals surface area contributed by atoms with Gasteiger partial charge in [-0.3, -0.25) is 14.9 Å². The van der Waals surface area contributed by atoms with Crippen LogP contribution in [0.25, 0.3) is 0 Å². The lowest BCUT2D eigenvalue weighted by Crippen LogP contribution is -2.30. The van der Waals surface area contributed by atoms with E-state index in [1.165, 1.54) is 11.8 Å². The van der Waals surface area contributed by atoms with Gasteiger partial charge in [-0.05, 0) is 46.4 Å². The van der Waals surface area contributed by atoms with Crippen molar-refractivity contribution < 1.29 is 9.59 Å². The van der Waals surface area contributed by atoms with Crippen molar-refractivity contribution in [3.05, 3.63) is 35.4 Å². The van der Waals surface area contributed by atoms with E-state index in [1.54, 1.807) is 12.1 Å². The van der Waals surface area contributed by atoms with Crippen molar-refractivity contribution in [2.24, 2.45) is 0 Å². The number of rotatable bonds is 6. The molecular weight excluding hydrogens is 350 g/mol. The number of aromatic nitrogens is 4. The molecule has 0 radical (unpaired) electrons. The Morgan fingerprint density at radius 1 is 1.23 bits per heavy atom. The Bertz CT molecular complexity index is 791. The molecule has 1 saturated carbocycles. The molecule has 2 aromatic rings. The molecule has 1 aromatic heterocycles. The molecule has 1 aliphatic carbocycles. The highest BCUT2D eigenvalue weighted by molar-refractivity contribution is 7.99. The first-order chi connectivity index (χ1) is 12.3. The summed E-state index contributed by atoms with van der Waals surface area (Å²) in [4.78, 5) is 24.2. The van der Waals surface area contributed by atoms with Gasteiger partial charge in [-0.2, -0.15) is 0 Å². The number of benzene rings is 1. The van der Waals surface area contributed by atoms with Crippen molar-refractivity contribution in [3.8, 4) is 0 Å². The lowest BCUT2D eigenvalue weighted by atomic mass is 9.87. The van der Waals surface area contributed by atoms with Crippen LogP contribution in [-0.2, 0) is 10.2 Å². The minimum Gasteiger partial charge on any atom is -0.292 e. The van der Waals surface area contributed by atoms with E-state index in [0.29, 0.717) is 17.4 Å². The highest BCUT2D eigenvalue weighted by Gasteiger charge is 2.27. The monoisotopic (exact) mass is 373 g/mol. The molecule has 7 nitrogen and oxygen atoms in total. The molecule has 1 aromatic carbocycles. The molecule has 0 unspecified atom stereocenters. The number of hydrogen-bond acceptors (Lipinski definition) is 6. The van der Waals surface area contributed by atoms with Crippen molar-refractivity contribution in [2.45, 2.75) is 56.6 Å². The van der Waals surface area contributed by atoms with Crippen LogP contribution in [0.1, 0.15) is 62.0 Å². The summed E-state index contributed by atoms with van der Waals surface area (Å²) >= 11 is 1.43. The number of nitrogens with one attached hydrogen (secondary N) is 1. The van der Waals surface area contributed by atoms with Gasteiger partial charge in [0.2, 0.25) is 11.1 Å². The summed E-state index contributed by atoms with van der Waals surface area (Å²) in [7, 11) is 0. The summed E-state index contributed by atoms with van der Waals surface area (Å²) in [6.45, 7) is 6.34. The van der Waals surface area contributed by atoms with E-state index in [-0.39, 0.29) is 23.7 Å². The van der Waals surface area contributed by atoms with Crippen LogP contribution in [0.4, 0.5) is 0 Å². The van der Waals surface area contributed by atoms with Crippen molar-refractivity contribution in [1.29, 1.82) is 0 Å². The van der Waals surface area contributed by atoms with Crippen molar-refractivity contribution >= 4 is 23.6 Å². The standard InChI is InChI=1S/C18H23N5O2S/c1-18(2,3)13-6-4-12(5-7-13)16(25)19-15(24)10-11-26-17-20-21-22-23(17)14-8-9-14/h4-7,14H,8-11H2,1-3H3,(H,19,24,25). The van der Waals surface area contributed by atoms with E-state index < -0.39 is 0 Å². The Kier molecular flexibility index (Phi) is 5.41. The third-order valence-corrected chi connectivity index (χ3v) is 5.12. The van der Waals surface area contributed by atoms with Gasteiger partial charge in [0.25, 0.3) is 5.91 Å². The lowest BCUT2D eigenvalue weighted by Gasteiger charge is -2.19. The van der Waals surface area contributed by atoms with Crippen LogP contribution in [0.5, 0.6) is 0 Å². The predicted octanol–water partition coefficient (Wildman–Crippen LogP) is 2.74. The van der Waals surface area contributed by atoms with E-state index in [9.17, 15) is 9.59 Å². The van der Waals surface area contributed by atoms with E-state index in [1.807, 2.05) is 16.8 Å². The van der Waals surface area contributed by atoms with Gasteiger partial charge in [0.15, 0.2) is 0 Å². The van der Waals surface area contributed by atoms with Crippen molar-refractivity contribution in [2.75, 3.05) is 5.75 Å². The quantitative estimate of drug-likeness (QED) is 0.783. The average Bonchev–Trinajstić information content (AvgIpc) is 3.33. The Labute approximate surface area is 156 Å². The summed E-state index contributed by atoms with van der Waals surface area (Å²) in [5, 5.41) is 14.8. The third-order valence-electron chi connectivity index (χ3n) is 4.18. The number of imide groups is 1. The Morgan fingerprint density at radius 3 is 2.54 bits per heavy atom. The highest BCUT2D eigenvalue weighted by atomic mass is 32.2. The molecule has 2 amide bonds. The van der Waals surface area contributed by atoms with Gasteiger partial charge >= 0.3 is 0 Å². The molecule has 8 heteroatoms. The van der Waals surface area contributed by atoms with Gasteiger partial charge in [0.1, 0.15) is 0 Å². The van der Waals surface area contributed by atoms with Crippen molar-refractivity contribution in [1.82, 2.24) is 25.5 Å². The number of carbonyl (C=O) groups excluding carboxylic acids is 2. The molecule has 0 saturated heterocycles. The zero-order valence-corrected chi connectivity index (χ0v) is 16.0. The fraction of sp³-hybridized carbons (Fsp3) is 0.500. The summed E-state index contributed by atoms with van der Waals surface area (Å²) in [6, 6.07) is 7.75. The summed E-state index contributed by atoms with van der Waals surface area (Å²) < 4.78 is 1.81. The van der Waals surface area contributed by atoms with Crippen LogP contribution < -0.4 is 5.32 Å². The van der Waals surface area contributed by atoms with Gasteiger partial charge in [0.05, 0.1) is 6.04 Å². The first-order valence-electron chi connectivity index (χ1n) is 8.70. The minimum absolute atomic E-state index is 0.0257. The molecule has 1 N–H and O–H groups in total. The minimum atomic E-state index is -0.372. The van der Waals surface area contributed by atoms with Crippen LogP contribution in [0.3, 0.4) is 0 Å². The first-order valence-corrected chi connectivity index (χ1v) is 9.68. The second-order valence-corrected chi connectivity index (χ2v) is 8.50. The predicted molar refractivity (Wildman–Crippen MR) is 99.0 cm³/mol. The van der Waals surface area contributed by atoms with Crippen LogP contribution >= 0.6 is 11.8 Å². The fourth-order valence-corrected chi connectivity index (χ4v) is 3.33. The van der Waals surface area contributed by atoms with Gasteiger partial charge in [0, 0.05) is 17.7 Å². The number of thioether (sulfide) groups is 1. The maximum atomic E-state index is 12.2. The molecular formula is C18H23N5O2S. The number of tetrazole rings is 1. The molecule has 0 aliphatic heterocycles. The number of amides is 2. The maximum absolute atomic E-state index is 12.2. The molecule has 1 heterocycles. The van der Waals surface area contributed by atoms with Gasteiger partial charge in [-0.25, -0.2) is 4.68 Å². The Balaban J connectivity index is 1.46. The number of nitrogens with zero attached hydrogens (tertiary/aromatic N) is 4. The third kappa shape index (κ3) is 4.69. The second-order valence-electron chi connectivity index (χ2n) is 7.44. The SMILES string of the molecule is CC(C)(C)c1ccc(C(=O)NC(=O)CCSc2nnnn2C2CC2)cc1. The van der Waals surface area contributed by atoms with Gasteiger partial charge in [-0.1, -0.05) is 44.7 Å². The summed E-state index contributed by atoms with van der Waals surface area (Å²) in [5.74, 6) is -0.147. The van der Waals surface area contributed by atoms with Crippen molar-refractivity contribution in [3.63, 3.8) is 0 Å². The molecule has 0 spiro atoms. The number of carbonyl (C=O) groups is 2. The van der Waals surface area contributed by atoms with E-state index >= 15 is 0 Å². The second kappa shape index (κ2) is 7.57. The molecule has 0 bridgehead atoms. The van der Waals surface area contributed by atoms with E-state index in [2.05, 4.69) is 41.6 Å². The van der Waals surface area contributed by atoms with Gasteiger partial charge < -0.3 is 0 Å². The largest absolute Gasteiger partial charge is 0.292 e. The molecule has 138 valence electrons. The smallest absolute Gasteiger partial charge is 0.257 e. The van der Waals surface area contributed by atoms with E-state index in [4.69, 9.17) is 0 Å². The topological polar surface area (TPSA) is 89.8 Å². The van der Waals surface area contributed by atoms with Crippen LogP contribution in [0.2, 0.25) is 0 Å². The van der Waals surface area contributed by atoms with E-state index in [0.717, 1.165) is 23.6 Å². The summed E-state index contributed by atoms with van der Waals surface area (Å²) in [5.41, 5.74) is 1.65. The molecule has 3 rings (SSSR count).